The van der Waals surface area contributed by atoms with Crippen LogP contribution in [0.1, 0.15) is 32.6 Å². The predicted octanol–water partition coefficient (Wildman–Crippen LogP) is 5.73. The number of hydrogen-bond acceptors (Lipinski definition) is 6. The number of fused-ring (bicyclic) bond motifs is 2. The van der Waals surface area contributed by atoms with Gasteiger partial charge in [0.1, 0.15) is 11.3 Å². The summed E-state index contributed by atoms with van der Waals surface area (Å²) < 4.78 is 16.7. The number of unbranched alkanes of at least 4 members (excludes halogenated alkanes) is 2. The highest BCUT2D eigenvalue weighted by molar-refractivity contribution is 5.88. The zero-order valence-electron chi connectivity index (χ0n) is 17.6. The van der Waals surface area contributed by atoms with Crippen molar-refractivity contribution < 1.29 is 18.7 Å². The lowest BCUT2D eigenvalue weighted by Gasteiger charge is -2.08. The van der Waals surface area contributed by atoms with Crippen LogP contribution in [0.3, 0.4) is 0 Å². The van der Waals surface area contributed by atoms with Crippen LogP contribution in [0.5, 0.6) is 5.75 Å². The van der Waals surface area contributed by atoms with Crippen molar-refractivity contribution in [1.82, 2.24) is 4.98 Å². The van der Waals surface area contributed by atoms with Gasteiger partial charge in [-0.1, -0.05) is 12.1 Å². The predicted molar refractivity (Wildman–Crippen MR) is 122 cm³/mol. The van der Waals surface area contributed by atoms with E-state index in [1.807, 2.05) is 49.4 Å². The van der Waals surface area contributed by atoms with Crippen LogP contribution >= 0.6 is 0 Å². The standard InChI is InChI=1S/C25H26N2O4/c1-2-29-24(28)6-4-3-5-13-30-21-11-9-17-14-19(8-7-18(17)15-21)25-27-22-12-10-20(26)16-23(22)31-25/h7-12,14-16H,2-6,13,26H2,1H3. The first-order chi connectivity index (χ1) is 15.1. The van der Waals surface area contributed by atoms with E-state index in [0.29, 0.717) is 36.8 Å². The number of nitrogens with zero attached hydrogens (tertiary/aromatic N) is 1. The quantitative estimate of drug-likeness (QED) is 0.212. The van der Waals surface area contributed by atoms with Gasteiger partial charge in [-0.05, 0) is 73.4 Å². The normalized spacial score (nSPS) is 11.1. The third-order valence-electron chi connectivity index (χ3n) is 5.07. The van der Waals surface area contributed by atoms with Crippen molar-refractivity contribution in [2.24, 2.45) is 0 Å². The van der Waals surface area contributed by atoms with E-state index in [4.69, 9.17) is 19.6 Å². The highest BCUT2D eigenvalue weighted by Gasteiger charge is 2.09. The fourth-order valence-electron chi connectivity index (χ4n) is 3.48. The third kappa shape index (κ3) is 5.15. The van der Waals surface area contributed by atoms with Gasteiger partial charge < -0.3 is 19.6 Å². The second kappa shape index (κ2) is 9.51. The Morgan fingerprint density at radius 2 is 1.84 bits per heavy atom. The van der Waals surface area contributed by atoms with E-state index >= 15 is 0 Å². The number of benzene rings is 3. The minimum atomic E-state index is -0.126. The molecule has 0 spiro atoms. The molecule has 0 saturated heterocycles. The number of esters is 1. The monoisotopic (exact) mass is 418 g/mol. The van der Waals surface area contributed by atoms with Crippen LogP contribution in [0.25, 0.3) is 33.3 Å². The summed E-state index contributed by atoms with van der Waals surface area (Å²) in [5.41, 5.74) is 8.86. The molecule has 0 saturated carbocycles. The van der Waals surface area contributed by atoms with Crippen LogP contribution in [0.4, 0.5) is 5.69 Å². The molecule has 0 atom stereocenters. The number of hydrogen-bond donors (Lipinski definition) is 1. The van der Waals surface area contributed by atoms with Gasteiger partial charge in [-0.2, -0.15) is 0 Å². The molecule has 1 aromatic heterocycles. The summed E-state index contributed by atoms with van der Waals surface area (Å²) in [6.07, 6.45) is 3.13. The Bertz CT molecular complexity index is 1200. The number of ether oxygens (including phenoxy) is 2. The van der Waals surface area contributed by atoms with E-state index in [-0.39, 0.29) is 5.97 Å². The van der Waals surface area contributed by atoms with Crippen LogP contribution in [-0.4, -0.2) is 24.2 Å². The summed E-state index contributed by atoms with van der Waals surface area (Å²) in [6.45, 7) is 2.89. The zero-order chi connectivity index (χ0) is 21.6. The summed E-state index contributed by atoms with van der Waals surface area (Å²) in [5.74, 6) is 1.29. The van der Waals surface area contributed by atoms with Gasteiger partial charge in [-0.15, -0.1) is 0 Å². The maximum atomic E-state index is 11.3. The van der Waals surface area contributed by atoms with E-state index < -0.39 is 0 Å². The topological polar surface area (TPSA) is 87.6 Å². The van der Waals surface area contributed by atoms with Gasteiger partial charge in [0.15, 0.2) is 5.58 Å². The Kier molecular flexibility index (Phi) is 6.36. The molecular formula is C25H26N2O4. The van der Waals surface area contributed by atoms with E-state index in [2.05, 4.69) is 11.1 Å². The summed E-state index contributed by atoms with van der Waals surface area (Å²) in [4.78, 5) is 15.9. The number of carbonyl (C=O) groups excluding carboxylic acids is 1. The van der Waals surface area contributed by atoms with Crippen LogP contribution in [0.2, 0.25) is 0 Å². The molecule has 3 aromatic carbocycles. The van der Waals surface area contributed by atoms with E-state index in [9.17, 15) is 4.79 Å². The first-order valence-electron chi connectivity index (χ1n) is 10.6. The Morgan fingerprint density at radius 3 is 2.71 bits per heavy atom. The van der Waals surface area contributed by atoms with Crippen LogP contribution < -0.4 is 10.5 Å². The lowest BCUT2D eigenvalue weighted by molar-refractivity contribution is -0.143. The first kappa shape index (κ1) is 20.7. The SMILES string of the molecule is CCOC(=O)CCCCCOc1ccc2cc(-c3nc4ccc(N)cc4o3)ccc2c1. The average molecular weight is 418 g/mol. The second-order valence-corrected chi connectivity index (χ2v) is 7.43. The van der Waals surface area contributed by atoms with Crippen molar-refractivity contribution in [1.29, 1.82) is 0 Å². The number of aromatic nitrogens is 1. The molecule has 2 N–H and O–H groups in total. The van der Waals surface area contributed by atoms with Gasteiger partial charge in [0.25, 0.3) is 0 Å². The Balaban J connectivity index is 1.36. The first-order valence-corrected chi connectivity index (χ1v) is 10.6. The molecule has 31 heavy (non-hydrogen) atoms. The Labute approximate surface area is 181 Å². The number of oxazole rings is 1. The molecule has 0 radical (unpaired) electrons. The van der Waals surface area contributed by atoms with E-state index in [0.717, 1.165) is 46.9 Å². The largest absolute Gasteiger partial charge is 0.494 e. The van der Waals surface area contributed by atoms with Gasteiger partial charge in [0, 0.05) is 23.7 Å². The molecule has 4 aromatic rings. The van der Waals surface area contributed by atoms with Crippen molar-refractivity contribution in [3.63, 3.8) is 0 Å². The summed E-state index contributed by atoms with van der Waals surface area (Å²) in [6, 6.07) is 17.6. The molecular weight excluding hydrogens is 392 g/mol. The third-order valence-corrected chi connectivity index (χ3v) is 5.07. The molecule has 4 rings (SSSR count). The van der Waals surface area contributed by atoms with Crippen molar-refractivity contribution in [2.75, 3.05) is 18.9 Å². The number of carbonyl (C=O) groups is 1. The van der Waals surface area contributed by atoms with Gasteiger partial charge in [-0.25, -0.2) is 4.98 Å². The average Bonchev–Trinajstić information content (AvgIpc) is 3.19. The number of nitrogens with two attached hydrogens (primary N) is 1. The molecule has 0 unspecified atom stereocenters. The van der Waals surface area contributed by atoms with E-state index in [1.165, 1.54) is 0 Å². The van der Waals surface area contributed by atoms with Gasteiger partial charge in [-0.3, -0.25) is 4.79 Å². The molecule has 0 aliphatic heterocycles. The second-order valence-electron chi connectivity index (χ2n) is 7.43. The van der Waals surface area contributed by atoms with Crippen LogP contribution in [-0.2, 0) is 9.53 Å². The number of nitrogen functional groups attached to an aromatic ring is 1. The summed E-state index contributed by atoms with van der Waals surface area (Å²) >= 11 is 0. The van der Waals surface area contributed by atoms with Crippen molar-refractivity contribution in [3.8, 4) is 17.2 Å². The molecule has 0 fully saturated rings. The summed E-state index contributed by atoms with van der Waals surface area (Å²) in [5, 5.41) is 2.17. The minimum absolute atomic E-state index is 0.126. The van der Waals surface area contributed by atoms with Crippen LogP contribution in [0.15, 0.2) is 59.0 Å². The lowest BCUT2D eigenvalue weighted by atomic mass is 10.1. The maximum absolute atomic E-state index is 11.3. The lowest BCUT2D eigenvalue weighted by Crippen LogP contribution is -2.04. The highest BCUT2D eigenvalue weighted by Crippen LogP contribution is 2.29. The molecule has 0 amide bonds. The van der Waals surface area contributed by atoms with Gasteiger partial charge >= 0.3 is 5.97 Å². The molecule has 1 heterocycles. The molecule has 6 nitrogen and oxygen atoms in total. The fourth-order valence-corrected chi connectivity index (χ4v) is 3.48. The molecule has 0 aliphatic carbocycles. The Morgan fingerprint density at radius 1 is 1.00 bits per heavy atom. The molecule has 160 valence electrons. The van der Waals surface area contributed by atoms with Crippen molar-refractivity contribution >= 4 is 33.5 Å². The van der Waals surface area contributed by atoms with Crippen molar-refractivity contribution in [2.45, 2.75) is 32.6 Å². The maximum Gasteiger partial charge on any atom is 0.305 e. The van der Waals surface area contributed by atoms with Crippen LogP contribution in [0, 0.1) is 0 Å². The minimum Gasteiger partial charge on any atom is -0.494 e. The Hall–Kier alpha value is -3.54. The number of anilines is 1. The van der Waals surface area contributed by atoms with Crippen molar-refractivity contribution in [3.05, 3.63) is 54.6 Å². The number of rotatable bonds is 9. The summed E-state index contributed by atoms with van der Waals surface area (Å²) in [7, 11) is 0. The fraction of sp³-hybridized carbons (Fsp3) is 0.280. The smallest absolute Gasteiger partial charge is 0.305 e. The van der Waals surface area contributed by atoms with Gasteiger partial charge in [0.2, 0.25) is 5.89 Å². The molecule has 6 heteroatoms. The highest BCUT2D eigenvalue weighted by atomic mass is 16.5. The van der Waals surface area contributed by atoms with Gasteiger partial charge in [0.05, 0.1) is 13.2 Å². The molecule has 0 bridgehead atoms. The molecule has 0 aliphatic rings. The van der Waals surface area contributed by atoms with E-state index in [1.54, 1.807) is 6.07 Å². The zero-order valence-corrected chi connectivity index (χ0v) is 17.6.